The minimum absolute atomic E-state index is 0.122. The molecule has 29 heteroatoms. The summed E-state index contributed by atoms with van der Waals surface area (Å²) in [6.07, 6.45) is -54.8. The van der Waals surface area contributed by atoms with E-state index in [1.54, 1.807) is 0 Å². The Morgan fingerprint density at radius 3 is 0.869 bits per heavy atom. The third kappa shape index (κ3) is 16.4. The molecule has 0 saturated heterocycles. The van der Waals surface area contributed by atoms with E-state index in [1.807, 2.05) is 7.11 Å². The molecule has 1 nitrogen and oxygen atoms in total. The van der Waals surface area contributed by atoms with Gasteiger partial charge >= 0.3 is 70.6 Å². The average molecular weight is 1370 g/mol. The van der Waals surface area contributed by atoms with E-state index in [9.17, 15) is 105 Å². The summed E-state index contributed by atoms with van der Waals surface area (Å²) in [5, 5.41) is 1.53. The molecule has 84 heavy (non-hydrogen) atoms. The predicted octanol–water partition coefficient (Wildman–Crippen LogP) is 14.5. The largest absolute Gasteiger partial charge is 0.497 e. The summed E-state index contributed by atoms with van der Waals surface area (Å²) >= 11 is -0.122. The first-order valence-electron chi connectivity index (χ1n) is 24.9. The van der Waals surface area contributed by atoms with Gasteiger partial charge in [0.15, 0.2) is 7.14 Å². The summed E-state index contributed by atoms with van der Waals surface area (Å²) in [7, 11) is -0.754. The second-order valence-corrected chi connectivity index (χ2v) is 33.9. The van der Waals surface area contributed by atoms with E-state index in [0.29, 0.717) is 0 Å². The molecule has 0 N–H and O–H groups in total. The Hall–Kier alpha value is -5.33. The number of benzene rings is 6. The van der Waals surface area contributed by atoms with Crippen molar-refractivity contribution in [2.45, 2.75) is 113 Å². The summed E-state index contributed by atoms with van der Waals surface area (Å²) in [4.78, 5) is 0. The zero-order valence-electron chi connectivity index (χ0n) is 44.5. The third-order valence-corrected chi connectivity index (χ3v) is 27.1. The van der Waals surface area contributed by atoms with Gasteiger partial charge in [0.05, 0.1) is 67.8 Å². The highest BCUT2D eigenvalue weighted by Gasteiger charge is 2.47. The summed E-state index contributed by atoms with van der Waals surface area (Å²) < 4.78 is 350. The number of hydrogen-bond acceptors (Lipinski definition) is 1. The monoisotopic (exact) mass is 1370 g/mol. The van der Waals surface area contributed by atoms with Crippen LogP contribution in [0.25, 0.3) is 0 Å². The zero-order chi connectivity index (χ0) is 63.8. The fourth-order valence-corrected chi connectivity index (χ4v) is 21.4. The molecule has 0 aliphatic carbocycles. The van der Waals surface area contributed by atoms with Crippen LogP contribution in [0.2, 0.25) is 43.3 Å². The lowest BCUT2D eigenvalue weighted by Crippen LogP contribution is -3.61. The Morgan fingerprint density at radius 1 is 0.357 bits per heavy atom. The molecule has 6 aromatic rings. The van der Waals surface area contributed by atoms with Crippen LogP contribution in [0.4, 0.5) is 105 Å². The van der Waals surface area contributed by atoms with Crippen molar-refractivity contribution in [3.8, 4) is 5.75 Å². The van der Waals surface area contributed by atoms with Gasteiger partial charge in [-0.1, -0.05) is 131 Å². The van der Waals surface area contributed by atoms with Gasteiger partial charge in [0.2, 0.25) is 0 Å². The van der Waals surface area contributed by atoms with Gasteiger partial charge in [-0.2, -0.15) is 127 Å². The molecule has 0 radical (unpaired) electrons. The van der Waals surface area contributed by atoms with Crippen LogP contribution in [0.5, 0.6) is 5.75 Å². The molecular formula is C55H48BF24IOSi2. The van der Waals surface area contributed by atoms with Crippen molar-refractivity contribution in [2.24, 2.45) is 0 Å². The Balaban J connectivity index is 0.000000398. The van der Waals surface area contributed by atoms with Gasteiger partial charge < -0.3 is 4.74 Å². The summed E-state index contributed by atoms with van der Waals surface area (Å²) in [5.74, 6) is 1.12. The summed E-state index contributed by atoms with van der Waals surface area (Å²) in [6.45, 7) is 12.4. The molecule has 460 valence electrons. The molecule has 0 saturated carbocycles. The van der Waals surface area contributed by atoms with E-state index in [2.05, 4.69) is 82.4 Å². The smallest absolute Gasteiger partial charge is 0.416 e. The minimum atomic E-state index is -6.13. The molecule has 0 unspecified atom stereocenters. The van der Waals surface area contributed by atoms with E-state index in [0.717, 1.165) is 5.75 Å². The van der Waals surface area contributed by atoms with E-state index >= 15 is 0 Å². The topological polar surface area (TPSA) is 9.23 Å². The highest BCUT2D eigenvalue weighted by Crippen LogP contribution is 2.42. The van der Waals surface area contributed by atoms with Crippen molar-refractivity contribution >= 4 is 49.3 Å². The first-order chi connectivity index (χ1) is 38.2. The van der Waals surface area contributed by atoms with Crippen LogP contribution in [0.3, 0.4) is 0 Å². The number of halogens is 25. The Labute approximate surface area is 478 Å². The van der Waals surface area contributed by atoms with Crippen LogP contribution >= 0.6 is 0 Å². The molecular weight excluding hydrogens is 1330 g/mol. The molecule has 0 spiro atoms. The molecule has 0 heterocycles. The summed E-state index contributed by atoms with van der Waals surface area (Å²) in [5.41, 5.74) is -30.2. The van der Waals surface area contributed by atoms with Crippen LogP contribution < -0.4 is 53.0 Å². The predicted molar refractivity (Wildman–Crippen MR) is 271 cm³/mol. The lowest BCUT2D eigenvalue weighted by Gasteiger charge is -2.46. The first-order valence-corrected chi connectivity index (χ1v) is 33.1. The van der Waals surface area contributed by atoms with Crippen LogP contribution in [0, 0.1) is 7.14 Å². The second-order valence-electron chi connectivity index (χ2n) is 20.4. The molecule has 6 aromatic carbocycles. The Morgan fingerprint density at radius 2 is 0.631 bits per heavy atom. The van der Waals surface area contributed by atoms with Gasteiger partial charge in [-0.05, 0) is 59.8 Å². The van der Waals surface area contributed by atoms with Crippen molar-refractivity contribution in [3.05, 3.63) is 173 Å². The van der Waals surface area contributed by atoms with E-state index in [1.165, 1.54) is 42.5 Å². The zero-order valence-corrected chi connectivity index (χ0v) is 48.7. The number of methoxy groups -OCH3 is 1. The standard InChI is InChI=1S/C32H12BF24.C23H36IOSi2/c34-25(35,36)13-1-14(26(37,38)39)6-21(5-13)33(22-7-15(27(40,41)42)2-16(8-22)28(43,44)45,23-9-17(29(46,47)48)3-18(10-23)30(49,50)51)24-11-19(31(52,53)54)4-20(12-24)32(55,56)57;1-7-27(8-2,9-3)18-17-26(5,6)23-19-21(15-16-22(23)25-4)24-20-13-11-10-12-14-20/h1-12H;10-16,19H,7-9,17-18H2,1-6H3/q-1;+1. The van der Waals surface area contributed by atoms with Crippen molar-refractivity contribution < 1.29 is 131 Å². The normalized spacial score (nSPS) is 13.6. The van der Waals surface area contributed by atoms with Crippen molar-refractivity contribution in [1.29, 1.82) is 0 Å². The van der Waals surface area contributed by atoms with Gasteiger partial charge in [-0.15, -0.1) is 0 Å². The fourth-order valence-electron chi connectivity index (χ4n) is 9.93. The first kappa shape index (κ1) is 69.4. The Kier molecular flexibility index (Phi) is 20.5. The van der Waals surface area contributed by atoms with E-state index in [4.69, 9.17) is 4.74 Å². The average Bonchev–Trinajstić information content (AvgIpc) is 0.806. The highest BCUT2D eigenvalue weighted by molar-refractivity contribution is 7.20. The summed E-state index contributed by atoms with van der Waals surface area (Å²) in [6, 6.07) is 16.3. The van der Waals surface area contributed by atoms with Gasteiger partial charge in [0.25, 0.3) is 0 Å². The van der Waals surface area contributed by atoms with Crippen LogP contribution in [-0.2, 0) is 49.4 Å². The van der Waals surface area contributed by atoms with Gasteiger partial charge in [0.1, 0.15) is 11.9 Å². The number of ether oxygens (including phenoxy) is 1. The van der Waals surface area contributed by atoms with Crippen LogP contribution in [-0.4, -0.2) is 29.4 Å². The lowest BCUT2D eigenvalue weighted by atomic mass is 9.12. The molecule has 0 aromatic heterocycles. The minimum Gasteiger partial charge on any atom is -0.497 e. The SMILES string of the molecule is CC[Si](CC)(CC)CC[Si](C)(C)c1cc([I+]c2ccccc2)ccc1OC.FC(F)(F)c1cc([B-](c2cc(C(F)(F)F)cc(C(F)(F)F)c2)(c2cc(C(F)(F)F)cc(C(F)(F)F)c2)c2cc(C(F)(F)F)cc(C(F)(F)F)c2)cc(C(F)(F)F)c1. The lowest BCUT2D eigenvalue weighted by molar-refractivity contribution is -0.597. The van der Waals surface area contributed by atoms with E-state index < -0.39 is 211 Å². The third-order valence-electron chi connectivity index (χ3n) is 14.8. The maximum atomic E-state index is 14.2. The number of alkyl halides is 24. The highest BCUT2D eigenvalue weighted by atomic mass is 127. The van der Waals surface area contributed by atoms with Crippen LogP contribution in [0.1, 0.15) is 65.3 Å². The number of rotatable bonds is 14. The molecule has 6 rings (SSSR count). The van der Waals surface area contributed by atoms with Gasteiger partial charge in [0, 0.05) is 0 Å². The molecule has 0 amide bonds. The van der Waals surface area contributed by atoms with Crippen molar-refractivity contribution in [3.63, 3.8) is 0 Å². The van der Waals surface area contributed by atoms with E-state index in [-0.39, 0.29) is 21.2 Å². The molecule has 0 atom stereocenters. The Bertz CT molecular complexity index is 2800. The fraction of sp³-hybridized carbons (Fsp3) is 0.345. The quantitative estimate of drug-likeness (QED) is 0.0600. The van der Waals surface area contributed by atoms with Crippen LogP contribution in [0.15, 0.2) is 121 Å². The van der Waals surface area contributed by atoms with Crippen molar-refractivity contribution in [1.82, 2.24) is 0 Å². The van der Waals surface area contributed by atoms with Gasteiger partial charge in [-0.3, -0.25) is 0 Å². The van der Waals surface area contributed by atoms with Crippen molar-refractivity contribution in [2.75, 3.05) is 7.11 Å². The second kappa shape index (κ2) is 24.8. The maximum absolute atomic E-state index is 14.2. The number of hydrogen-bond donors (Lipinski definition) is 0. The van der Waals surface area contributed by atoms with Gasteiger partial charge in [-0.25, -0.2) is 0 Å². The maximum Gasteiger partial charge on any atom is 0.416 e. The molecule has 0 aliphatic rings. The molecule has 0 bridgehead atoms. The molecule has 0 fully saturated rings. The molecule has 0 aliphatic heterocycles.